The molecule has 0 aliphatic rings. The van der Waals surface area contributed by atoms with Crippen LogP contribution in [0.1, 0.15) is 15.4 Å². The highest BCUT2D eigenvalue weighted by molar-refractivity contribution is 7.09. The molecule has 0 spiro atoms. The number of aromatic nitrogens is 2. The summed E-state index contributed by atoms with van der Waals surface area (Å²) in [5.74, 6) is 0.173. The van der Waals surface area contributed by atoms with E-state index in [9.17, 15) is 4.79 Å². The van der Waals surface area contributed by atoms with Crippen molar-refractivity contribution in [3.63, 3.8) is 0 Å². The van der Waals surface area contributed by atoms with Crippen LogP contribution in [0.5, 0.6) is 0 Å². The molecule has 1 N–H and O–H groups in total. The van der Waals surface area contributed by atoms with Gasteiger partial charge in [0.1, 0.15) is 5.82 Å². The molecule has 2 aromatic heterocycles. The lowest BCUT2D eigenvalue weighted by atomic mass is 10.3. The molecule has 6 heteroatoms. The molecule has 2 rings (SSSR count). The Bertz CT molecular complexity index is 497. The molecule has 0 saturated carbocycles. The van der Waals surface area contributed by atoms with E-state index < -0.39 is 5.97 Å². The number of anilines is 1. The molecular weight excluding hydrogens is 250 g/mol. The number of thiophene rings is 1. The van der Waals surface area contributed by atoms with Gasteiger partial charge in [0, 0.05) is 11.4 Å². The average molecular weight is 263 g/mol. The molecule has 0 radical (unpaired) electrons. The van der Waals surface area contributed by atoms with Crippen molar-refractivity contribution in [3.8, 4) is 0 Å². The van der Waals surface area contributed by atoms with Crippen LogP contribution >= 0.6 is 11.3 Å². The molecule has 18 heavy (non-hydrogen) atoms. The second-order valence-corrected chi connectivity index (χ2v) is 4.57. The first-order valence-corrected chi connectivity index (χ1v) is 6.34. The van der Waals surface area contributed by atoms with Gasteiger partial charge in [-0.3, -0.25) is 0 Å². The molecule has 0 unspecified atom stereocenters. The summed E-state index contributed by atoms with van der Waals surface area (Å²) in [6.07, 6.45) is 3.87. The Morgan fingerprint density at radius 3 is 2.94 bits per heavy atom. The van der Waals surface area contributed by atoms with E-state index in [0.29, 0.717) is 5.82 Å². The molecular formula is C12H13N3O2S. The van der Waals surface area contributed by atoms with Crippen LogP contribution in [0.15, 0.2) is 29.9 Å². The van der Waals surface area contributed by atoms with Gasteiger partial charge in [-0.15, -0.1) is 11.3 Å². The number of carbonyl (C=O) groups is 1. The van der Waals surface area contributed by atoms with E-state index in [1.807, 2.05) is 6.07 Å². The minimum atomic E-state index is -0.479. The summed E-state index contributed by atoms with van der Waals surface area (Å²) < 4.78 is 4.55. The molecule has 0 fully saturated rings. The molecule has 5 nitrogen and oxygen atoms in total. The molecule has 0 bridgehead atoms. The quantitative estimate of drug-likeness (QED) is 0.836. The van der Waals surface area contributed by atoms with E-state index in [-0.39, 0.29) is 5.69 Å². The van der Waals surface area contributed by atoms with E-state index in [4.69, 9.17) is 0 Å². The van der Waals surface area contributed by atoms with Crippen molar-refractivity contribution in [3.05, 3.63) is 40.5 Å². The predicted molar refractivity (Wildman–Crippen MR) is 69.9 cm³/mol. The first kappa shape index (κ1) is 12.5. The van der Waals surface area contributed by atoms with Crippen LogP contribution in [0.25, 0.3) is 0 Å². The Hall–Kier alpha value is -1.95. The Balaban J connectivity index is 1.85. The van der Waals surface area contributed by atoms with Crippen LogP contribution in [0, 0.1) is 0 Å². The third-order valence-electron chi connectivity index (χ3n) is 2.30. The molecule has 0 aliphatic carbocycles. The lowest BCUT2D eigenvalue weighted by Crippen LogP contribution is -2.09. The topological polar surface area (TPSA) is 64.1 Å². The normalized spacial score (nSPS) is 10.1. The second-order valence-electron chi connectivity index (χ2n) is 3.53. The summed E-state index contributed by atoms with van der Waals surface area (Å²) >= 11 is 1.73. The van der Waals surface area contributed by atoms with Crippen LogP contribution < -0.4 is 5.32 Å². The van der Waals surface area contributed by atoms with Gasteiger partial charge < -0.3 is 10.1 Å². The number of carbonyl (C=O) groups excluding carboxylic acids is 1. The second kappa shape index (κ2) is 6.11. The zero-order valence-corrected chi connectivity index (χ0v) is 10.7. The first-order valence-electron chi connectivity index (χ1n) is 5.46. The number of hydrogen-bond acceptors (Lipinski definition) is 6. The molecule has 0 atom stereocenters. The summed E-state index contributed by atoms with van der Waals surface area (Å²) in [4.78, 5) is 20.5. The lowest BCUT2D eigenvalue weighted by molar-refractivity contribution is 0.0593. The van der Waals surface area contributed by atoms with E-state index in [2.05, 4.69) is 31.5 Å². The fraction of sp³-hybridized carbons (Fsp3) is 0.250. The van der Waals surface area contributed by atoms with Crippen molar-refractivity contribution in [1.82, 2.24) is 9.97 Å². The zero-order chi connectivity index (χ0) is 12.8. The fourth-order valence-electron chi connectivity index (χ4n) is 1.40. The van der Waals surface area contributed by atoms with Crippen LogP contribution in [0.2, 0.25) is 0 Å². The van der Waals surface area contributed by atoms with Crippen LogP contribution in [0.3, 0.4) is 0 Å². The van der Waals surface area contributed by atoms with E-state index in [1.54, 1.807) is 11.3 Å². The van der Waals surface area contributed by atoms with Gasteiger partial charge in [0.05, 0.1) is 19.5 Å². The maximum atomic E-state index is 11.2. The number of ether oxygens (including phenoxy) is 1. The molecule has 0 aromatic carbocycles. The van der Waals surface area contributed by atoms with Crippen molar-refractivity contribution in [2.75, 3.05) is 19.0 Å². The van der Waals surface area contributed by atoms with Crippen molar-refractivity contribution in [2.24, 2.45) is 0 Å². The highest BCUT2D eigenvalue weighted by atomic mass is 32.1. The van der Waals surface area contributed by atoms with Crippen LogP contribution in [-0.4, -0.2) is 29.6 Å². The largest absolute Gasteiger partial charge is 0.464 e. The van der Waals surface area contributed by atoms with Crippen LogP contribution in [-0.2, 0) is 11.2 Å². The smallest absolute Gasteiger partial charge is 0.358 e. The van der Waals surface area contributed by atoms with Gasteiger partial charge in [0.2, 0.25) is 0 Å². The molecule has 94 valence electrons. The summed E-state index contributed by atoms with van der Waals surface area (Å²) in [7, 11) is 1.32. The standard InChI is InChI=1S/C12H13N3O2S/c1-17-12(16)10-7-15-11(8-14-10)13-5-4-9-3-2-6-18-9/h2-3,6-8H,4-5H2,1H3,(H,13,15). The summed E-state index contributed by atoms with van der Waals surface area (Å²) in [6.45, 7) is 0.784. The number of esters is 1. The van der Waals surface area contributed by atoms with Gasteiger partial charge in [-0.1, -0.05) is 6.07 Å². The highest BCUT2D eigenvalue weighted by Crippen LogP contribution is 2.09. The van der Waals surface area contributed by atoms with Gasteiger partial charge in [0.15, 0.2) is 5.69 Å². The molecule has 0 saturated heterocycles. The Labute approximate surface area is 109 Å². The highest BCUT2D eigenvalue weighted by Gasteiger charge is 2.06. The van der Waals surface area contributed by atoms with Gasteiger partial charge in [-0.25, -0.2) is 14.8 Å². The minimum absolute atomic E-state index is 0.210. The van der Waals surface area contributed by atoms with E-state index in [0.717, 1.165) is 13.0 Å². The third kappa shape index (κ3) is 3.27. The third-order valence-corrected chi connectivity index (χ3v) is 3.24. The summed E-state index contributed by atoms with van der Waals surface area (Å²) in [6, 6.07) is 4.13. The van der Waals surface area contributed by atoms with Crippen molar-refractivity contribution in [2.45, 2.75) is 6.42 Å². The zero-order valence-electron chi connectivity index (χ0n) is 9.92. The Morgan fingerprint density at radius 1 is 1.44 bits per heavy atom. The monoisotopic (exact) mass is 263 g/mol. The number of nitrogens with zero attached hydrogens (tertiary/aromatic N) is 2. The van der Waals surface area contributed by atoms with Crippen LogP contribution in [0.4, 0.5) is 5.82 Å². The number of nitrogens with one attached hydrogen (secondary N) is 1. The fourth-order valence-corrected chi connectivity index (χ4v) is 2.11. The maximum absolute atomic E-state index is 11.2. The molecule has 0 amide bonds. The Kier molecular flexibility index (Phi) is 4.25. The molecule has 2 heterocycles. The van der Waals surface area contributed by atoms with Gasteiger partial charge in [-0.05, 0) is 17.9 Å². The Morgan fingerprint density at radius 2 is 2.33 bits per heavy atom. The maximum Gasteiger partial charge on any atom is 0.358 e. The van der Waals surface area contributed by atoms with Gasteiger partial charge in [0.25, 0.3) is 0 Å². The van der Waals surface area contributed by atoms with Crippen molar-refractivity contribution in [1.29, 1.82) is 0 Å². The number of hydrogen-bond donors (Lipinski definition) is 1. The van der Waals surface area contributed by atoms with Gasteiger partial charge in [-0.2, -0.15) is 0 Å². The first-order chi connectivity index (χ1) is 8.79. The van der Waals surface area contributed by atoms with E-state index >= 15 is 0 Å². The lowest BCUT2D eigenvalue weighted by Gasteiger charge is -2.04. The summed E-state index contributed by atoms with van der Waals surface area (Å²) in [5, 5.41) is 5.20. The average Bonchev–Trinajstić information content (AvgIpc) is 2.92. The number of methoxy groups -OCH3 is 1. The minimum Gasteiger partial charge on any atom is -0.464 e. The number of rotatable bonds is 5. The van der Waals surface area contributed by atoms with Gasteiger partial charge >= 0.3 is 5.97 Å². The summed E-state index contributed by atoms with van der Waals surface area (Å²) in [5.41, 5.74) is 0.210. The van der Waals surface area contributed by atoms with Crippen molar-refractivity contribution < 1.29 is 9.53 Å². The van der Waals surface area contributed by atoms with Crippen molar-refractivity contribution >= 4 is 23.1 Å². The predicted octanol–water partition coefficient (Wildman–Crippen LogP) is 1.98. The molecule has 0 aliphatic heterocycles. The SMILES string of the molecule is COC(=O)c1cnc(NCCc2cccs2)cn1. The molecule has 2 aromatic rings. The van der Waals surface area contributed by atoms with E-state index in [1.165, 1.54) is 24.4 Å².